The quantitative estimate of drug-likeness (QED) is 0.462. The number of benzene rings is 1. The lowest BCUT2D eigenvalue weighted by atomic mass is 10.0. The van der Waals surface area contributed by atoms with Gasteiger partial charge in [-0.3, -0.25) is 0 Å². The molecule has 1 fully saturated rings. The summed E-state index contributed by atoms with van der Waals surface area (Å²) in [5.74, 6) is 1.05. The van der Waals surface area contributed by atoms with Crippen LogP contribution < -0.4 is 11.1 Å². The van der Waals surface area contributed by atoms with Crippen LogP contribution in [0.2, 0.25) is 0 Å². The Morgan fingerprint density at radius 1 is 1.50 bits per heavy atom. The standard InChI is InChI=1S/C15H23N3O.HI/c1-10-6-4-5-7-12(10)13-8-14(13)18-15(16)17-11(2)9-19-3;/h4-7,11,13-14H,8-9H2,1-3H3,(H3,16,17,18);1H. The van der Waals surface area contributed by atoms with E-state index in [2.05, 4.69) is 41.5 Å². The molecule has 0 bridgehead atoms. The molecule has 0 amide bonds. The predicted molar refractivity (Wildman–Crippen MR) is 93.8 cm³/mol. The number of aliphatic imine (C=N–C) groups is 1. The molecule has 3 N–H and O–H groups in total. The average molecular weight is 389 g/mol. The monoisotopic (exact) mass is 389 g/mol. The van der Waals surface area contributed by atoms with Crippen molar-refractivity contribution >= 4 is 29.9 Å². The van der Waals surface area contributed by atoms with Crippen molar-refractivity contribution in [3.8, 4) is 0 Å². The maximum Gasteiger partial charge on any atom is 0.189 e. The van der Waals surface area contributed by atoms with Crippen molar-refractivity contribution in [2.75, 3.05) is 13.7 Å². The molecular formula is C15H24IN3O. The number of guanidine groups is 1. The van der Waals surface area contributed by atoms with Crippen LogP contribution in [0.25, 0.3) is 0 Å². The van der Waals surface area contributed by atoms with Gasteiger partial charge in [0, 0.05) is 19.1 Å². The lowest BCUT2D eigenvalue weighted by Gasteiger charge is -2.13. The third-order valence-corrected chi connectivity index (χ3v) is 3.46. The Labute approximate surface area is 138 Å². The molecule has 0 aromatic heterocycles. The number of hydrogen-bond donors (Lipinski definition) is 2. The van der Waals surface area contributed by atoms with Crippen LogP contribution in [0.3, 0.4) is 0 Å². The molecule has 112 valence electrons. The van der Waals surface area contributed by atoms with Crippen molar-refractivity contribution in [1.29, 1.82) is 0 Å². The molecule has 1 aliphatic rings. The first-order chi connectivity index (χ1) is 9.11. The van der Waals surface area contributed by atoms with Gasteiger partial charge < -0.3 is 15.8 Å². The van der Waals surface area contributed by atoms with Gasteiger partial charge in [0.2, 0.25) is 0 Å². The molecule has 1 aromatic carbocycles. The zero-order valence-corrected chi connectivity index (χ0v) is 14.6. The summed E-state index contributed by atoms with van der Waals surface area (Å²) in [7, 11) is 1.68. The van der Waals surface area contributed by atoms with Gasteiger partial charge in [0.05, 0.1) is 12.6 Å². The number of nitrogens with zero attached hydrogens (tertiary/aromatic N) is 1. The van der Waals surface area contributed by atoms with Gasteiger partial charge in [0.15, 0.2) is 5.96 Å². The molecule has 3 unspecified atom stereocenters. The minimum absolute atomic E-state index is 0. The number of halogens is 1. The van der Waals surface area contributed by atoms with Gasteiger partial charge in [0.1, 0.15) is 0 Å². The zero-order valence-electron chi connectivity index (χ0n) is 12.3. The van der Waals surface area contributed by atoms with Crippen molar-refractivity contribution in [2.45, 2.75) is 38.3 Å². The van der Waals surface area contributed by atoms with Crippen LogP contribution >= 0.6 is 24.0 Å². The fourth-order valence-corrected chi connectivity index (χ4v) is 2.42. The smallest absolute Gasteiger partial charge is 0.189 e. The normalized spacial score (nSPS) is 22.9. The van der Waals surface area contributed by atoms with Crippen LogP contribution in [-0.4, -0.2) is 31.8 Å². The maximum absolute atomic E-state index is 5.91. The second-order valence-corrected chi connectivity index (χ2v) is 5.28. The summed E-state index contributed by atoms with van der Waals surface area (Å²) in [6.07, 6.45) is 1.09. The molecule has 0 radical (unpaired) electrons. The highest BCUT2D eigenvalue weighted by Gasteiger charge is 2.39. The van der Waals surface area contributed by atoms with E-state index in [4.69, 9.17) is 10.5 Å². The van der Waals surface area contributed by atoms with E-state index in [0.717, 1.165) is 6.42 Å². The molecule has 1 aliphatic carbocycles. The largest absolute Gasteiger partial charge is 0.383 e. The zero-order chi connectivity index (χ0) is 13.8. The third kappa shape index (κ3) is 4.63. The first kappa shape index (κ1) is 17.2. The second-order valence-electron chi connectivity index (χ2n) is 5.28. The molecule has 0 heterocycles. The maximum atomic E-state index is 5.91. The summed E-state index contributed by atoms with van der Waals surface area (Å²) < 4.78 is 5.06. The number of nitrogens with one attached hydrogen (secondary N) is 1. The molecular weight excluding hydrogens is 365 g/mol. The molecule has 0 spiro atoms. The Hall–Kier alpha value is -0.820. The Morgan fingerprint density at radius 2 is 2.20 bits per heavy atom. The summed E-state index contributed by atoms with van der Waals surface area (Å²) in [6, 6.07) is 9.00. The molecule has 4 nitrogen and oxygen atoms in total. The Kier molecular flexibility index (Phi) is 6.75. The van der Waals surface area contributed by atoms with E-state index in [-0.39, 0.29) is 30.0 Å². The topological polar surface area (TPSA) is 59.6 Å². The van der Waals surface area contributed by atoms with Crippen LogP contribution in [0.5, 0.6) is 0 Å². The fraction of sp³-hybridized carbons (Fsp3) is 0.533. The Morgan fingerprint density at radius 3 is 2.85 bits per heavy atom. The summed E-state index contributed by atoms with van der Waals surface area (Å²) in [6.45, 7) is 4.80. The van der Waals surface area contributed by atoms with Crippen LogP contribution in [0.4, 0.5) is 0 Å². The molecule has 2 rings (SSSR count). The Balaban J connectivity index is 0.00000200. The van der Waals surface area contributed by atoms with Gasteiger partial charge in [-0.15, -0.1) is 24.0 Å². The second kappa shape index (κ2) is 7.83. The van der Waals surface area contributed by atoms with Crippen LogP contribution in [-0.2, 0) is 4.74 Å². The van der Waals surface area contributed by atoms with Gasteiger partial charge in [-0.05, 0) is 31.4 Å². The van der Waals surface area contributed by atoms with Gasteiger partial charge in [-0.1, -0.05) is 24.3 Å². The van der Waals surface area contributed by atoms with Crippen molar-refractivity contribution in [3.05, 3.63) is 35.4 Å². The highest BCUT2D eigenvalue weighted by atomic mass is 127. The Bertz CT molecular complexity index is 464. The van der Waals surface area contributed by atoms with Crippen LogP contribution in [0, 0.1) is 6.92 Å². The molecule has 0 aliphatic heterocycles. The first-order valence-electron chi connectivity index (χ1n) is 6.76. The number of ether oxygens (including phenoxy) is 1. The number of nitrogens with two attached hydrogens (primary N) is 1. The molecule has 1 aromatic rings. The summed E-state index contributed by atoms with van der Waals surface area (Å²) in [5, 5.41) is 3.14. The molecule has 3 atom stereocenters. The minimum atomic E-state index is 0. The molecule has 1 saturated carbocycles. The fourth-order valence-electron chi connectivity index (χ4n) is 2.42. The first-order valence-corrected chi connectivity index (χ1v) is 6.76. The van der Waals surface area contributed by atoms with E-state index in [1.165, 1.54) is 11.1 Å². The summed E-state index contributed by atoms with van der Waals surface area (Å²) in [5.41, 5.74) is 8.64. The lowest BCUT2D eigenvalue weighted by molar-refractivity contribution is 0.179. The van der Waals surface area contributed by atoms with Gasteiger partial charge in [0.25, 0.3) is 0 Å². The third-order valence-electron chi connectivity index (χ3n) is 3.46. The van der Waals surface area contributed by atoms with Crippen molar-refractivity contribution in [1.82, 2.24) is 5.32 Å². The van der Waals surface area contributed by atoms with Crippen molar-refractivity contribution in [3.63, 3.8) is 0 Å². The van der Waals surface area contributed by atoms with Crippen molar-refractivity contribution < 1.29 is 4.74 Å². The summed E-state index contributed by atoms with van der Waals surface area (Å²) in [4.78, 5) is 4.54. The van der Waals surface area contributed by atoms with E-state index in [1.54, 1.807) is 7.11 Å². The van der Waals surface area contributed by atoms with Gasteiger partial charge in [-0.25, -0.2) is 4.99 Å². The highest BCUT2D eigenvalue weighted by molar-refractivity contribution is 14.0. The average Bonchev–Trinajstić information content (AvgIpc) is 3.08. The van der Waals surface area contributed by atoms with E-state index >= 15 is 0 Å². The number of aryl methyl sites for hydroxylation is 1. The number of rotatable bonds is 5. The number of hydrogen-bond acceptors (Lipinski definition) is 2. The lowest BCUT2D eigenvalue weighted by Crippen LogP contribution is -2.40. The molecule has 0 saturated heterocycles. The van der Waals surface area contributed by atoms with E-state index in [0.29, 0.717) is 24.5 Å². The minimum Gasteiger partial charge on any atom is -0.383 e. The van der Waals surface area contributed by atoms with Gasteiger partial charge in [-0.2, -0.15) is 0 Å². The molecule has 20 heavy (non-hydrogen) atoms. The predicted octanol–water partition coefficient (Wildman–Crippen LogP) is 2.41. The van der Waals surface area contributed by atoms with Crippen LogP contribution in [0.1, 0.15) is 30.4 Å². The molecule has 5 heteroatoms. The summed E-state index contributed by atoms with van der Waals surface area (Å²) >= 11 is 0. The van der Waals surface area contributed by atoms with Crippen molar-refractivity contribution in [2.24, 2.45) is 10.7 Å². The van der Waals surface area contributed by atoms with E-state index in [1.807, 2.05) is 6.92 Å². The van der Waals surface area contributed by atoms with E-state index in [9.17, 15) is 0 Å². The highest BCUT2D eigenvalue weighted by Crippen LogP contribution is 2.44. The van der Waals surface area contributed by atoms with Gasteiger partial charge >= 0.3 is 0 Å². The number of methoxy groups -OCH3 is 1. The van der Waals surface area contributed by atoms with Crippen LogP contribution in [0.15, 0.2) is 29.3 Å². The van der Waals surface area contributed by atoms with E-state index < -0.39 is 0 Å². The SMILES string of the molecule is COCC(C)NC(N)=NC1CC1c1ccccc1C.I.